The fourth-order valence-corrected chi connectivity index (χ4v) is 1.34. The van der Waals surface area contributed by atoms with Gasteiger partial charge in [0.05, 0.1) is 12.6 Å². The van der Waals surface area contributed by atoms with Crippen molar-refractivity contribution in [2.24, 2.45) is 5.92 Å². The lowest BCUT2D eigenvalue weighted by Gasteiger charge is -2.22. The second-order valence-electron chi connectivity index (χ2n) is 4.12. The largest absolute Gasteiger partial charge is 0.394 e. The van der Waals surface area contributed by atoms with Crippen molar-refractivity contribution in [3.8, 4) is 0 Å². The summed E-state index contributed by atoms with van der Waals surface area (Å²) in [5, 5.41) is 11.1. The van der Waals surface area contributed by atoms with E-state index in [0.717, 1.165) is 0 Å². The molecule has 0 aliphatic heterocycles. The Kier molecular flexibility index (Phi) is 4.50. The van der Waals surface area contributed by atoms with Crippen LogP contribution >= 0.6 is 0 Å². The minimum absolute atomic E-state index is 0.259. The Balaban J connectivity index is 3.25. The van der Waals surface area contributed by atoms with Gasteiger partial charge < -0.3 is 10.4 Å². The lowest BCUT2D eigenvalue weighted by Crippen LogP contribution is -2.31. The lowest BCUT2D eigenvalue weighted by molar-refractivity contribution is 0.248. The fraction of sp³-hybridized carbons (Fsp3) is 0.455. The zero-order chi connectivity index (χ0) is 14.0. The third-order valence-electron chi connectivity index (χ3n) is 2.54. The average Bonchev–Trinajstić information content (AvgIpc) is 2.34. The van der Waals surface area contributed by atoms with Crippen LogP contribution in [0, 0.1) is 35.0 Å². The van der Waals surface area contributed by atoms with Crippen LogP contribution in [0.15, 0.2) is 0 Å². The number of aliphatic hydroxyl groups excluding tert-OH is 1. The Morgan fingerprint density at radius 2 is 1.28 bits per heavy atom. The smallest absolute Gasteiger partial charge is 0.200 e. The molecule has 1 aromatic rings. The Hall–Kier alpha value is -1.37. The standard InChI is InChI=1S/C11H12F5NO/c1-4(2)5(3-18)17-11-9(15)7(13)6(12)8(14)10(11)16/h4-5,17-18H,3H2,1-2H3. The average molecular weight is 269 g/mol. The number of hydrogen-bond donors (Lipinski definition) is 2. The van der Waals surface area contributed by atoms with E-state index in [-0.39, 0.29) is 5.92 Å². The fourth-order valence-electron chi connectivity index (χ4n) is 1.34. The maximum atomic E-state index is 13.3. The van der Waals surface area contributed by atoms with Crippen molar-refractivity contribution >= 4 is 5.69 Å². The van der Waals surface area contributed by atoms with Gasteiger partial charge in [-0.2, -0.15) is 0 Å². The predicted molar refractivity (Wildman–Crippen MR) is 55.6 cm³/mol. The van der Waals surface area contributed by atoms with Crippen LogP contribution in [0.5, 0.6) is 0 Å². The summed E-state index contributed by atoms with van der Waals surface area (Å²) in [6.07, 6.45) is 0. The van der Waals surface area contributed by atoms with Crippen LogP contribution < -0.4 is 5.32 Å². The van der Waals surface area contributed by atoms with E-state index in [1.54, 1.807) is 13.8 Å². The van der Waals surface area contributed by atoms with Gasteiger partial charge in [-0.1, -0.05) is 13.8 Å². The molecule has 0 spiro atoms. The predicted octanol–water partition coefficient (Wildman–Crippen LogP) is 2.81. The molecular formula is C11H12F5NO. The quantitative estimate of drug-likeness (QED) is 0.500. The molecule has 1 atom stereocenters. The van der Waals surface area contributed by atoms with Crippen LogP contribution in [0.25, 0.3) is 0 Å². The van der Waals surface area contributed by atoms with Gasteiger partial charge >= 0.3 is 0 Å². The van der Waals surface area contributed by atoms with Crippen molar-refractivity contribution in [2.75, 3.05) is 11.9 Å². The van der Waals surface area contributed by atoms with Crippen LogP contribution in [-0.2, 0) is 0 Å². The molecule has 0 amide bonds. The monoisotopic (exact) mass is 269 g/mol. The molecule has 1 rings (SSSR count). The van der Waals surface area contributed by atoms with E-state index in [9.17, 15) is 22.0 Å². The van der Waals surface area contributed by atoms with E-state index in [0.29, 0.717) is 0 Å². The van der Waals surface area contributed by atoms with Crippen LogP contribution in [0.1, 0.15) is 13.8 Å². The van der Waals surface area contributed by atoms with E-state index in [1.165, 1.54) is 0 Å². The maximum Gasteiger partial charge on any atom is 0.200 e. The molecule has 2 N–H and O–H groups in total. The first-order valence-corrected chi connectivity index (χ1v) is 5.20. The summed E-state index contributed by atoms with van der Waals surface area (Å²) in [4.78, 5) is 0. The Labute approximate surface area is 100 Å². The van der Waals surface area contributed by atoms with Crippen molar-refractivity contribution < 1.29 is 27.1 Å². The normalized spacial score (nSPS) is 12.9. The summed E-state index contributed by atoms with van der Waals surface area (Å²) >= 11 is 0. The lowest BCUT2D eigenvalue weighted by atomic mass is 10.0. The van der Waals surface area contributed by atoms with Gasteiger partial charge in [0.1, 0.15) is 5.69 Å². The first-order valence-electron chi connectivity index (χ1n) is 5.20. The van der Waals surface area contributed by atoms with E-state index >= 15 is 0 Å². The highest BCUT2D eigenvalue weighted by atomic mass is 19.2. The van der Waals surface area contributed by atoms with Gasteiger partial charge in [-0.05, 0) is 5.92 Å². The SMILES string of the molecule is CC(C)C(CO)Nc1c(F)c(F)c(F)c(F)c1F. The summed E-state index contributed by atoms with van der Waals surface area (Å²) < 4.78 is 65.2. The molecule has 0 bridgehead atoms. The van der Waals surface area contributed by atoms with Crippen LogP contribution in [0.4, 0.5) is 27.6 Å². The highest BCUT2D eigenvalue weighted by molar-refractivity contribution is 5.48. The van der Waals surface area contributed by atoms with Gasteiger partial charge in [0.25, 0.3) is 0 Å². The minimum Gasteiger partial charge on any atom is -0.394 e. The number of aliphatic hydroxyl groups is 1. The number of anilines is 1. The molecule has 0 radical (unpaired) electrons. The highest BCUT2D eigenvalue weighted by Gasteiger charge is 2.27. The summed E-state index contributed by atoms with van der Waals surface area (Å²) in [6.45, 7) is 2.75. The molecule has 7 heteroatoms. The van der Waals surface area contributed by atoms with Crippen molar-refractivity contribution in [3.63, 3.8) is 0 Å². The molecule has 2 nitrogen and oxygen atoms in total. The van der Waals surface area contributed by atoms with Gasteiger partial charge in [-0.25, -0.2) is 22.0 Å². The molecule has 0 saturated heterocycles. The van der Waals surface area contributed by atoms with Crippen molar-refractivity contribution in [3.05, 3.63) is 29.1 Å². The van der Waals surface area contributed by atoms with Crippen LogP contribution in [-0.4, -0.2) is 17.8 Å². The molecule has 0 aliphatic rings. The van der Waals surface area contributed by atoms with Gasteiger partial charge in [-0.15, -0.1) is 0 Å². The molecule has 1 unspecified atom stereocenters. The van der Waals surface area contributed by atoms with E-state index in [1.807, 2.05) is 0 Å². The Bertz CT molecular complexity index is 421. The van der Waals surface area contributed by atoms with Gasteiger partial charge in [0.2, 0.25) is 5.82 Å². The molecule has 1 aromatic carbocycles. The van der Waals surface area contributed by atoms with E-state index < -0.39 is 47.4 Å². The van der Waals surface area contributed by atoms with Crippen molar-refractivity contribution in [2.45, 2.75) is 19.9 Å². The summed E-state index contributed by atoms with van der Waals surface area (Å²) in [5.74, 6) is -10.4. The zero-order valence-corrected chi connectivity index (χ0v) is 9.70. The third-order valence-corrected chi connectivity index (χ3v) is 2.54. The number of benzene rings is 1. The molecular weight excluding hydrogens is 257 g/mol. The van der Waals surface area contributed by atoms with Crippen molar-refractivity contribution in [1.82, 2.24) is 0 Å². The van der Waals surface area contributed by atoms with Crippen LogP contribution in [0.2, 0.25) is 0 Å². The molecule has 0 aliphatic carbocycles. The molecule has 0 fully saturated rings. The second kappa shape index (κ2) is 5.51. The van der Waals surface area contributed by atoms with E-state index in [4.69, 9.17) is 5.11 Å². The topological polar surface area (TPSA) is 32.3 Å². The van der Waals surface area contributed by atoms with Gasteiger partial charge in [0.15, 0.2) is 23.3 Å². The summed E-state index contributed by atoms with van der Waals surface area (Å²) in [6, 6.07) is -0.821. The number of hydrogen-bond acceptors (Lipinski definition) is 2. The Morgan fingerprint density at radius 3 is 1.61 bits per heavy atom. The number of rotatable bonds is 4. The van der Waals surface area contributed by atoms with Gasteiger partial charge in [0, 0.05) is 0 Å². The molecule has 102 valence electrons. The summed E-state index contributed by atoms with van der Waals surface area (Å²) in [5.41, 5.74) is -1.13. The van der Waals surface area contributed by atoms with E-state index in [2.05, 4.69) is 5.32 Å². The van der Waals surface area contributed by atoms with Crippen molar-refractivity contribution in [1.29, 1.82) is 0 Å². The third kappa shape index (κ3) is 2.55. The number of halogens is 5. The first-order chi connectivity index (χ1) is 8.31. The number of nitrogens with one attached hydrogen (secondary N) is 1. The molecule has 0 saturated carbocycles. The highest BCUT2D eigenvalue weighted by Crippen LogP contribution is 2.28. The van der Waals surface area contributed by atoms with Gasteiger partial charge in [-0.3, -0.25) is 0 Å². The molecule has 0 aromatic heterocycles. The summed E-state index contributed by atoms with van der Waals surface area (Å²) in [7, 11) is 0. The first kappa shape index (κ1) is 14.7. The second-order valence-corrected chi connectivity index (χ2v) is 4.12. The molecule has 0 heterocycles. The zero-order valence-electron chi connectivity index (χ0n) is 9.70. The minimum atomic E-state index is -2.21. The maximum absolute atomic E-state index is 13.3. The molecule has 18 heavy (non-hydrogen) atoms. The Morgan fingerprint density at radius 1 is 0.889 bits per heavy atom. The van der Waals surface area contributed by atoms with Crippen LogP contribution in [0.3, 0.4) is 0 Å².